The molecule has 7 heteroatoms. The lowest BCUT2D eigenvalue weighted by Gasteiger charge is -2.26. The zero-order chi connectivity index (χ0) is 17.2. The summed E-state index contributed by atoms with van der Waals surface area (Å²) in [5, 5.41) is 2.66. The topological polar surface area (TPSA) is 66.5 Å². The summed E-state index contributed by atoms with van der Waals surface area (Å²) in [5.74, 6) is -0.235. The molecule has 1 saturated heterocycles. The highest BCUT2D eigenvalue weighted by Crippen LogP contribution is 2.22. The number of carbonyl (C=O) groups is 1. The Hall–Kier alpha value is -1.63. The van der Waals surface area contributed by atoms with E-state index in [1.54, 1.807) is 12.1 Å². The number of carbonyl (C=O) groups excluding carboxylic acids is 1. The van der Waals surface area contributed by atoms with Gasteiger partial charge in [0.15, 0.2) is 9.84 Å². The van der Waals surface area contributed by atoms with E-state index in [4.69, 9.17) is 0 Å². The smallest absolute Gasteiger partial charge is 0.321 e. The van der Waals surface area contributed by atoms with Crippen molar-refractivity contribution in [1.29, 1.82) is 0 Å². The molecule has 0 spiro atoms. The molecule has 2 rings (SSSR count). The van der Waals surface area contributed by atoms with Gasteiger partial charge >= 0.3 is 6.03 Å². The summed E-state index contributed by atoms with van der Waals surface area (Å²) in [6.45, 7) is 5.77. The molecule has 1 aromatic carbocycles. The average molecular weight is 342 g/mol. The lowest BCUT2D eigenvalue weighted by atomic mass is 10.0. The van der Waals surface area contributed by atoms with E-state index in [9.17, 15) is 17.6 Å². The molecule has 1 aromatic rings. The van der Waals surface area contributed by atoms with Crippen LogP contribution in [-0.2, 0) is 9.84 Å². The highest BCUT2D eigenvalue weighted by atomic mass is 32.2. The molecule has 1 N–H and O–H groups in total. The Bertz CT molecular complexity index is 689. The molecule has 1 aliphatic rings. The normalized spacial score (nSPS) is 21.1. The second-order valence-electron chi connectivity index (χ2n) is 6.30. The molecule has 1 fully saturated rings. The van der Waals surface area contributed by atoms with Crippen LogP contribution in [0.4, 0.5) is 14.9 Å². The number of halogens is 1. The number of hydrogen-bond donors (Lipinski definition) is 1. The third-order valence-corrected chi connectivity index (χ3v) is 5.82. The standard InChI is InChI=1S/C16H23FN2O3S/c1-11(2)14-5-4-13(10-15(14)17)18-16(20)19-7-9-23(21,22)8-6-12(19)3/h4-5,10-12H,6-9H2,1-3H3,(H,18,20). The van der Waals surface area contributed by atoms with Crippen LogP contribution in [0.3, 0.4) is 0 Å². The summed E-state index contributed by atoms with van der Waals surface area (Å²) in [5.41, 5.74) is 0.966. The van der Waals surface area contributed by atoms with Gasteiger partial charge in [0.05, 0.1) is 11.5 Å². The fraction of sp³-hybridized carbons (Fsp3) is 0.562. The first-order valence-electron chi connectivity index (χ1n) is 7.77. The van der Waals surface area contributed by atoms with E-state index in [1.165, 1.54) is 11.0 Å². The van der Waals surface area contributed by atoms with Crippen molar-refractivity contribution in [2.24, 2.45) is 0 Å². The van der Waals surface area contributed by atoms with Gasteiger partial charge in [-0.25, -0.2) is 17.6 Å². The Morgan fingerprint density at radius 2 is 2.04 bits per heavy atom. The Labute approximate surface area is 136 Å². The quantitative estimate of drug-likeness (QED) is 0.898. The maximum atomic E-state index is 14.0. The molecule has 23 heavy (non-hydrogen) atoms. The minimum Gasteiger partial charge on any atom is -0.321 e. The Morgan fingerprint density at radius 3 is 2.65 bits per heavy atom. The summed E-state index contributed by atoms with van der Waals surface area (Å²) < 4.78 is 37.4. The molecule has 0 bridgehead atoms. The number of hydrogen-bond acceptors (Lipinski definition) is 3. The van der Waals surface area contributed by atoms with Crippen molar-refractivity contribution in [3.63, 3.8) is 0 Å². The van der Waals surface area contributed by atoms with Gasteiger partial charge in [0, 0.05) is 18.3 Å². The zero-order valence-electron chi connectivity index (χ0n) is 13.7. The van der Waals surface area contributed by atoms with Crippen LogP contribution in [0.2, 0.25) is 0 Å². The molecule has 1 atom stereocenters. The summed E-state index contributed by atoms with van der Waals surface area (Å²) in [7, 11) is -3.09. The molecule has 1 heterocycles. The minimum absolute atomic E-state index is 0.0363. The van der Waals surface area contributed by atoms with Crippen molar-refractivity contribution in [2.45, 2.75) is 39.2 Å². The van der Waals surface area contributed by atoms with Gasteiger partial charge in [0.1, 0.15) is 5.82 Å². The number of nitrogens with zero attached hydrogens (tertiary/aromatic N) is 1. The minimum atomic E-state index is -3.09. The van der Waals surface area contributed by atoms with E-state index in [-0.39, 0.29) is 35.8 Å². The van der Waals surface area contributed by atoms with Crippen molar-refractivity contribution in [2.75, 3.05) is 23.4 Å². The number of sulfone groups is 1. The van der Waals surface area contributed by atoms with Crippen molar-refractivity contribution < 1.29 is 17.6 Å². The van der Waals surface area contributed by atoms with Crippen LogP contribution in [0.25, 0.3) is 0 Å². The monoisotopic (exact) mass is 342 g/mol. The van der Waals surface area contributed by atoms with E-state index in [0.717, 1.165) is 0 Å². The number of urea groups is 1. The zero-order valence-corrected chi connectivity index (χ0v) is 14.5. The second-order valence-corrected chi connectivity index (χ2v) is 8.61. The molecule has 2 amide bonds. The molecular formula is C16H23FN2O3S. The van der Waals surface area contributed by atoms with Gasteiger partial charge in [-0.05, 0) is 37.0 Å². The van der Waals surface area contributed by atoms with Crippen molar-refractivity contribution in [1.82, 2.24) is 4.90 Å². The third-order valence-electron chi connectivity index (χ3n) is 4.16. The number of nitrogens with one attached hydrogen (secondary N) is 1. The average Bonchev–Trinajstić information content (AvgIpc) is 2.57. The van der Waals surface area contributed by atoms with E-state index in [1.807, 2.05) is 20.8 Å². The predicted molar refractivity (Wildman–Crippen MR) is 88.9 cm³/mol. The fourth-order valence-electron chi connectivity index (χ4n) is 2.64. The second kappa shape index (κ2) is 6.86. The van der Waals surface area contributed by atoms with Crippen LogP contribution in [-0.4, -0.2) is 43.4 Å². The molecule has 0 aliphatic carbocycles. The van der Waals surface area contributed by atoms with Crippen molar-refractivity contribution in [3.05, 3.63) is 29.6 Å². The highest BCUT2D eigenvalue weighted by Gasteiger charge is 2.27. The van der Waals surface area contributed by atoms with Gasteiger partial charge in [-0.1, -0.05) is 19.9 Å². The van der Waals surface area contributed by atoms with E-state index in [0.29, 0.717) is 17.7 Å². The number of amides is 2. The van der Waals surface area contributed by atoms with E-state index >= 15 is 0 Å². The maximum absolute atomic E-state index is 14.0. The maximum Gasteiger partial charge on any atom is 0.322 e. The van der Waals surface area contributed by atoms with E-state index in [2.05, 4.69) is 5.32 Å². The lowest BCUT2D eigenvalue weighted by molar-refractivity contribution is 0.197. The Morgan fingerprint density at radius 1 is 1.35 bits per heavy atom. The van der Waals surface area contributed by atoms with Crippen LogP contribution in [0.5, 0.6) is 0 Å². The lowest BCUT2D eigenvalue weighted by Crippen LogP contribution is -2.42. The van der Waals surface area contributed by atoms with Gasteiger partial charge in [0.2, 0.25) is 0 Å². The molecule has 0 saturated carbocycles. The van der Waals surface area contributed by atoms with Crippen LogP contribution >= 0.6 is 0 Å². The van der Waals surface area contributed by atoms with Gasteiger partial charge in [-0.2, -0.15) is 0 Å². The van der Waals surface area contributed by atoms with Gasteiger partial charge in [0.25, 0.3) is 0 Å². The largest absolute Gasteiger partial charge is 0.322 e. The SMILES string of the molecule is CC(C)c1ccc(NC(=O)N2CCS(=O)(=O)CCC2C)cc1F. The van der Waals surface area contributed by atoms with Crippen LogP contribution in [0.1, 0.15) is 38.7 Å². The van der Waals surface area contributed by atoms with Crippen LogP contribution < -0.4 is 5.32 Å². The molecule has 0 aromatic heterocycles. The highest BCUT2D eigenvalue weighted by molar-refractivity contribution is 7.91. The van der Waals surface area contributed by atoms with Gasteiger partial charge in [-0.15, -0.1) is 0 Å². The predicted octanol–water partition coefficient (Wildman–Crippen LogP) is 2.99. The Balaban J connectivity index is 2.10. The first-order valence-corrected chi connectivity index (χ1v) is 9.59. The van der Waals surface area contributed by atoms with Crippen LogP contribution in [0, 0.1) is 5.82 Å². The third kappa shape index (κ3) is 4.43. The van der Waals surface area contributed by atoms with Gasteiger partial charge < -0.3 is 10.2 Å². The number of rotatable bonds is 2. The summed E-state index contributed by atoms with van der Waals surface area (Å²) in [6.07, 6.45) is 0.413. The molecule has 5 nitrogen and oxygen atoms in total. The summed E-state index contributed by atoms with van der Waals surface area (Å²) >= 11 is 0. The van der Waals surface area contributed by atoms with Crippen molar-refractivity contribution >= 4 is 21.6 Å². The number of anilines is 1. The molecule has 1 aliphatic heterocycles. The fourth-order valence-corrected chi connectivity index (χ4v) is 4.02. The summed E-state index contributed by atoms with van der Waals surface area (Å²) in [6, 6.07) is 4.05. The van der Waals surface area contributed by atoms with Crippen LogP contribution in [0.15, 0.2) is 18.2 Å². The van der Waals surface area contributed by atoms with E-state index < -0.39 is 15.9 Å². The molecule has 1 unspecified atom stereocenters. The van der Waals surface area contributed by atoms with Crippen molar-refractivity contribution in [3.8, 4) is 0 Å². The Kier molecular flexibility index (Phi) is 5.29. The molecule has 128 valence electrons. The first-order chi connectivity index (χ1) is 10.7. The number of benzene rings is 1. The molecular weight excluding hydrogens is 319 g/mol. The molecule has 0 radical (unpaired) electrons. The first kappa shape index (κ1) is 17.7. The van der Waals surface area contributed by atoms with Gasteiger partial charge in [-0.3, -0.25) is 0 Å². The summed E-state index contributed by atoms with van der Waals surface area (Å²) in [4.78, 5) is 13.9.